The van der Waals surface area contributed by atoms with Gasteiger partial charge in [-0.1, -0.05) is 62.2 Å². The Morgan fingerprint density at radius 1 is 0.913 bits per heavy atom. The maximum Gasteiger partial charge on any atom is 0.246 e. The largest absolute Gasteiger partial charge is 0.508 e. The van der Waals surface area contributed by atoms with Gasteiger partial charge in [-0.3, -0.25) is 24.0 Å². The monoisotopic (exact) mass is 636 g/mol. The van der Waals surface area contributed by atoms with Crippen LogP contribution in [0.4, 0.5) is 0 Å². The predicted molar refractivity (Wildman–Crippen MR) is 172 cm³/mol. The lowest BCUT2D eigenvalue weighted by Crippen LogP contribution is -2.55. The topological polar surface area (TPSA) is 235 Å². The molecule has 1 aliphatic rings. The highest BCUT2D eigenvalue weighted by Crippen LogP contribution is 2.19. The van der Waals surface area contributed by atoms with E-state index in [9.17, 15) is 29.1 Å². The van der Waals surface area contributed by atoms with E-state index in [0.29, 0.717) is 37.8 Å². The Hall–Kier alpha value is -5.14. The number of unbranched alkanes of at least 4 members (excludes halogenated alkanes) is 1. The van der Waals surface area contributed by atoms with Crippen molar-refractivity contribution in [1.82, 2.24) is 20.9 Å². The lowest BCUT2D eigenvalue weighted by Gasteiger charge is -2.28. The number of nitrogens with one attached hydrogen (secondary N) is 3. The number of rotatable bonds is 16. The smallest absolute Gasteiger partial charge is 0.246 e. The lowest BCUT2D eigenvalue weighted by molar-refractivity contribution is -0.140. The fourth-order valence-corrected chi connectivity index (χ4v) is 5.29. The zero-order valence-corrected chi connectivity index (χ0v) is 26.0. The Morgan fingerprint density at radius 3 is 2.22 bits per heavy atom. The molecule has 14 heteroatoms. The molecule has 1 fully saturated rings. The Bertz CT molecular complexity index is 1380. The first-order valence-corrected chi connectivity index (χ1v) is 15.4. The van der Waals surface area contributed by atoms with E-state index in [1.165, 1.54) is 17.0 Å². The van der Waals surface area contributed by atoms with Gasteiger partial charge in [0, 0.05) is 19.4 Å². The van der Waals surface area contributed by atoms with Crippen LogP contribution in [-0.4, -0.2) is 82.8 Å². The summed E-state index contributed by atoms with van der Waals surface area (Å²) in [4.78, 5) is 70.4. The summed E-state index contributed by atoms with van der Waals surface area (Å²) >= 11 is 0. The molecule has 0 aliphatic carbocycles. The van der Waals surface area contributed by atoms with Crippen molar-refractivity contribution in [2.45, 2.75) is 76.0 Å². The van der Waals surface area contributed by atoms with Crippen LogP contribution >= 0.6 is 0 Å². The van der Waals surface area contributed by atoms with E-state index in [0.717, 1.165) is 12.0 Å². The van der Waals surface area contributed by atoms with Crippen LogP contribution in [0.1, 0.15) is 50.2 Å². The summed E-state index contributed by atoms with van der Waals surface area (Å²) in [7, 11) is 0. The van der Waals surface area contributed by atoms with Crippen molar-refractivity contribution >= 4 is 35.5 Å². The number of likely N-dealkylation sites (tertiary alicyclic amines) is 1. The van der Waals surface area contributed by atoms with Gasteiger partial charge in [-0.05, 0) is 42.5 Å². The molecule has 0 aromatic heterocycles. The Kier molecular flexibility index (Phi) is 13.3. The van der Waals surface area contributed by atoms with Gasteiger partial charge >= 0.3 is 0 Å². The Labute approximate surface area is 268 Å². The van der Waals surface area contributed by atoms with Crippen molar-refractivity contribution in [3.8, 4) is 5.75 Å². The number of nitrogens with zero attached hydrogens (tertiary/aromatic N) is 2. The highest BCUT2D eigenvalue weighted by Gasteiger charge is 2.37. The number of phenolic OH excluding ortho intramolecular Hbond substituents is 1. The molecule has 1 saturated heterocycles. The van der Waals surface area contributed by atoms with Gasteiger partial charge in [-0.25, -0.2) is 4.99 Å². The molecule has 10 N–H and O–H groups in total. The van der Waals surface area contributed by atoms with Crippen molar-refractivity contribution in [3.05, 3.63) is 65.7 Å². The summed E-state index contributed by atoms with van der Waals surface area (Å²) in [5.41, 5.74) is 18.1. The Morgan fingerprint density at radius 2 is 1.59 bits per heavy atom. The second kappa shape index (κ2) is 17.4. The Balaban J connectivity index is 1.67. The molecule has 0 radical (unpaired) electrons. The van der Waals surface area contributed by atoms with Gasteiger partial charge in [0.1, 0.15) is 29.9 Å². The number of aliphatic imine (C=N–C) groups is 1. The molecule has 248 valence electrons. The maximum absolute atomic E-state index is 13.5. The molecule has 0 saturated carbocycles. The molecule has 0 spiro atoms. The first-order valence-electron chi connectivity index (χ1n) is 15.4. The minimum absolute atomic E-state index is 0.0635. The molecular weight excluding hydrogens is 592 g/mol. The summed E-state index contributed by atoms with van der Waals surface area (Å²) < 4.78 is 0. The van der Waals surface area contributed by atoms with Crippen molar-refractivity contribution in [2.24, 2.45) is 22.2 Å². The van der Waals surface area contributed by atoms with Crippen LogP contribution in [0, 0.1) is 0 Å². The van der Waals surface area contributed by atoms with Gasteiger partial charge in [0.25, 0.3) is 0 Å². The highest BCUT2D eigenvalue weighted by atomic mass is 16.3. The zero-order chi connectivity index (χ0) is 33.6. The van der Waals surface area contributed by atoms with Gasteiger partial charge in [-0.15, -0.1) is 0 Å². The number of aromatic hydroxyl groups is 1. The zero-order valence-electron chi connectivity index (χ0n) is 26.0. The second-order valence-electron chi connectivity index (χ2n) is 11.3. The van der Waals surface area contributed by atoms with Crippen molar-refractivity contribution < 1.29 is 29.1 Å². The minimum Gasteiger partial charge on any atom is -0.508 e. The summed E-state index contributed by atoms with van der Waals surface area (Å²) in [6.45, 7) is 1.82. The lowest BCUT2D eigenvalue weighted by atomic mass is 10.0. The average molecular weight is 637 g/mol. The molecule has 2 aromatic carbocycles. The number of primary amides is 1. The first kappa shape index (κ1) is 35.3. The second-order valence-corrected chi connectivity index (χ2v) is 11.3. The van der Waals surface area contributed by atoms with Crippen molar-refractivity contribution in [1.29, 1.82) is 0 Å². The quantitative estimate of drug-likeness (QED) is 0.0941. The highest BCUT2D eigenvalue weighted by molar-refractivity contribution is 5.95. The predicted octanol–water partition coefficient (Wildman–Crippen LogP) is -0.428. The molecule has 0 bridgehead atoms. The third-order valence-corrected chi connectivity index (χ3v) is 7.66. The minimum atomic E-state index is -1.05. The number of carbonyl (C=O) groups excluding carboxylic acids is 5. The first-order chi connectivity index (χ1) is 22.0. The van der Waals surface area contributed by atoms with E-state index in [1.54, 1.807) is 12.1 Å². The summed E-state index contributed by atoms with van der Waals surface area (Å²) in [5, 5.41) is 17.5. The summed E-state index contributed by atoms with van der Waals surface area (Å²) in [6, 6.07) is 11.5. The van der Waals surface area contributed by atoms with Crippen LogP contribution in [0.15, 0.2) is 59.6 Å². The summed E-state index contributed by atoms with van der Waals surface area (Å²) in [6.07, 6.45) is 3.00. The van der Waals surface area contributed by atoms with E-state index >= 15 is 0 Å². The molecule has 4 atom stereocenters. The van der Waals surface area contributed by atoms with Crippen LogP contribution < -0.4 is 33.2 Å². The standard InChI is InChI=1S/C32H44N8O6/c1-2-3-10-23(38-30(45)24(39-32(34)35)17-21-12-14-22(41)15-13-21)29(44)36-19-27(42)37-25(18-20-8-5-4-6-9-20)31(46)40-16-7-11-26(40)28(33)43/h4-6,8-9,12-15,23-26,41H,2-3,7,10-11,16-19H2,1H3,(H2,33,43)(H,36,44)(H,37,42)(H,38,45)(H4,34,35,39)/t23-,24+,25+,26+/m1/s1. The van der Waals surface area contributed by atoms with E-state index in [4.69, 9.17) is 17.2 Å². The van der Waals surface area contributed by atoms with Crippen LogP contribution in [-0.2, 0) is 36.8 Å². The number of phenols is 1. The SMILES string of the molecule is CCCC[C@@H](NC(=O)[C@H](Cc1ccc(O)cc1)N=C(N)N)C(=O)NCC(=O)N[C@@H](Cc1ccccc1)C(=O)N1CCC[C@H]1C(N)=O. The van der Waals surface area contributed by atoms with Gasteiger partial charge in [-0.2, -0.15) is 0 Å². The molecule has 2 aromatic rings. The van der Waals surface area contributed by atoms with Gasteiger partial charge in [0.2, 0.25) is 29.5 Å². The number of carbonyl (C=O) groups is 5. The van der Waals surface area contributed by atoms with E-state index in [2.05, 4.69) is 20.9 Å². The molecule has 0 unspecified atom stereocenters. The number of hydrogen-bond donors (Lipinski definition) is 7. The third-order valence-electron chi connectivity index (χ3n) is 7.66. The number of guanidine groups is 1. The molecule has 5 amide bonds. The number of benzene rings is 2. The average Bonchev–Trinajstić information content (AvgIpc) is 3.53. The maximum atomic E-state index is 13.5. The molecule has 3 rings (SSSR count). The van der Waals surface area contributed by atoms with Crippen LogP contribution in [0.5, 0.6) is 5.75 Å². The normalized spacial score (nSPS) is 16.0. The number of nitrogens with two attached hydrogens (primary N) is 3. The van der Waals surface area contributed by atoms with E-state index in [1.807, 2.05) is 37.3 Å². The van der Waals surface area contributed by atoms with Gasteiger partial charge in [0.05, 0.1) is 6.54 Å². The van der Waals surface area contributed by atoms with E-state index < -0.39 is 60.2 Å². The molecular formula is C32H44N8O6. The fraction of sp³-hybridized carbons (Fsp3) is 0.438. The fourth-order valence-electron chi connectivity index (χ4n) is 5.29. The molecule has 1 aliphatic heterocycles. The van der Waals surface area contributed by atoms with Gasteiger partial charge < -0.3 is 43.2 Å². The number of hydrogen-bond acceptors (Lipinski definition) is 7. The van der Waals surface area contributed by atoms with E-state index in [-0.39, 0.29) is 24.6 Å². The summed E-state index contributed by atoms with van der Waals surface area (Å²) in [5.74, 6) is -3.08. The van der Waals surface area contributed by atoms with Crippen molar-refractivity contribution in [2.75, 3.05) is 13.1 Å². The van der Waals surface area contributed by atoms with Gasteiger partial charge in [0.15, 0.2) is 5.96 Å². The number of amides is 5. The van der Waals surface area contributed by atoms with Crippen molar-refractivity contribution in [3.63, 3.8) is 0 Å². The van der Waals surface area contributed by atoms with Crippen LogP contribution in [0.25, 0.3) is 0 Å². The third kappa shape index (κ3) is 10.8. The molecule has 46 heavy (non-hydrogen) atoms. The molecule has 1 heterocycles. The molecule has 14 nitrogen and oxygen atoms in total. The van der Waals surface area contributed by atoms with Crippen LogP contribution in [0.2, 0.25) is 0 Å². The van der Waals surface area contributed by atoms with Crippen LogP contribution in [0.3, 0.4) is 0 Å².